The molecule has 0 aliphatic rings. The second-order valence-corrected chi connectivity index (χ2v) is 8.00. The monoisotopic (exact) mass is 386 g/mol. The topological polar surface area (TPSA) is 24.1 Å². The number of nitrogens with one attached hydrogen (secondary N) is 2. The van der Waals surface area contributed by atoms with E-state index in [-0.39, 0.29) is 5.50 Å². The largest absolute Gasteiger partial charge is 0.294 e. The normalized spacial score (nSPS) is 12.5. The third kappa shape index (κ3) is 4.39. The van der Waals surface area contributed by atoms with Crippen molar-refractivity contribution < 1.29 is 0 Å². The quantitative estimate of drug-likeness (QED) is 0.368. The van der Waals surface area contributed by atoms with Gasteiger partial charge in [0.15, 0.2) is 0 Å². The van der Waals surface area contributed by atoms with Crippen LogP contribution in [0.5, 0.6) is 0 Å². The van der Waals surface area contributed by atoms with Crippen LogP contribution in [-0.2, 0) is 12.3 Å². The molecule has 1 atom stereocenters. The first-order chi connectivity index (χ1) is 13.8. The van der Waals surface area contributed by atoms with Gasteiger partial charge in [0.1, 0.15) is 5.50 Å². The van der Waals surface area contributed by atoms with Crippen LogP contribution in [0.15, 0.2) is 84.9 Å². The lowest BCUT2D eigenvalue weighted by atomic mass is 10.0. The summed E-state index contributed by atoms with van der Waals surface area (Å²) in [7, 11) is 0. The summed E-state index contributed by atoms with van der Waals surface area (Å²) in [4.78, 5) is 0. The van der Waals surface area contributed by atoms with Crippen molar-refractivity contribution in [3.63, 3.8) is 0 Å². The number of hydrogen-bond donors (Lipinski definition) is 2. The molecule has 0 saturated heterocycles. The van der Waals surface area contributed by atoms with Gasteiger partial charge in [0, 0.05) is 12.3 Å². The molecule has 0 bridgehead atoms. The molecule has 4 rings (SSSR count). The lowest BCUT2D eigenvalue weighted by Crippen LogP contribution is -2.39. The van der Waals surface area contributed by atoms with Crippen LogP contribution in [0.25, 0.3) is 21.5 Å². The van der Waals surface area contributed by atoms with E-state index >= 15 is 0 Å². The van der Waals surface area contributed by atoms with Gasteiger partial charge in [-0.15, -0.1) is 11.8 Å². The summed E-state index contributed by atoms with van der Waals surface area (Å²) >= 11 is 1.92. The Morgan fingerprint density at radius 1 is 0.679 bits per heavy atom. The van der Waals surface area contributed by atoms with Gasteiger partial charge >= 0.3 is 0 Å². The van der Waals surface area contributed by atoms with E-state index in [1.807, 2.05) is 11.8 Å². The van der Waals surface area contributed by atoms with Gasteiger partial charge in [-0.3, -0.25) is 10.6 Å². The Hall–Kier alpha value is -2.33. The van der Waals surface area contributed by atoms with Crippen LogP contribution in [0, 0.1) is 0 Å². The molecule has 0 saturated carbocycles. The summed E-state index contributed by atoms with van der Waals surface area (Å²) in [6, 6.07) is 30.3. The summed E-state index contributed by atoms with van der Waals surface area (Å²) in [5.74, 6) is 0.974. The Balaban J connectivity index is 1.45. The Labute approximate surface area is 171 Å². The molecular formula is C25H26N2S. The van der Waals surface area contributed by atoms with Crippen LogP contribution in [0.2, 0.25) is 0 Å². The highest BCUT2D eigenvalue weighted by atomic mass is 32.2. The molecule has 0 aromatic heterocycles. The van der Waals surface area contributed by atoms with Gasteiger partial charge in [0.25, 0.3) is 0 Å². The first kappa shape index (κ1) is 19.0. The number of thioether (sulfide) groups is 1. The smallest absolute Gasteiger partial charge is 0.106 e. The Morgan fingerprint density at radius 2 is 1.25 bits per heavy atom. The fourth-order valence-electron chi connectivity index (χ4n) is 3.62. The van der Waals surface area contributed by atoms with Crippen molar-refractivity contribution in [1.29, 1.82) is 0 Å². The Morgan fingerprint density at radius 3 is 1.93 bits per heavy atom. The predicted molar refractivity (Wildman–Crippen MR) is 123 cm³/mol. The highest BCUT2D eigenvalue weighted by Gasteiger charge is 2.10. The second-order valence-electron chi connectivity index (χ2n) is 6.91. The van der Waals surface area contributed by atoms with Crippen molar-refractivity contribution in [1.82, 2.24) is 10.6 Å². The van der Waals surface area contributed by atoms with E-state index in [1.54, 1.807) is 0 Å². The molecule has 0 aliphatic heterocycles. The van der Waals surface area contributed by atoms with Crippen molar-refractivity contribution in [2.24, 2.45) is 0 Å². The van der Waals surface area contributed by atoms with Crippen molar-refractivity contribution in [3.05, 3.63) is 96.1 Å². The van der Waals surface area contributed by atoms with E-state index in [0.717, 1.165) is 18.8 Å². The summed E-state index contributed by atoms with van der Waals surface area (Å²) < 4.78 is 0. The predicted octanol–water partition coefficient (Wildman–Crippen LogP) is 5.91. The summed E-state index contributed by atoms with van der Waals surface area (Å²) in [6.45, 7) is 3.95. The molecule has 28 heavy (non-hydrogen) atoms. The van der Waals surface area contributed by atoms with Gasteiger partial charge in [-0.1, -0.05) is 91.9 Å². The van der Waals surface area contributed by atoms with Crippen molar-refractivity contribution >= 4 is 33.3 Å². The highest BCUT2D eigenvalue weighted by molar-refractivity contribution is 7.99. The van der Waals surface area contributed by atoms with Crippen LogP contribution in [0.1, 0.15) is 18.1 Å². The van der Waals surface area contributed by atoms with E-state index in [1.165, 1.54) is 32.7 Å². The zero-order valence-corrected chi connectivity index (χ0v) is 17.0. The molecule has 2 N–H and O–H groups in total. The van der Waals surface area contributed by atoms with E-state index < -0.39 is 0 Å². The first-order valence-corrected chi connectivity index (χ1v) is 10.9. The molecule has 0 heterocycles. The lowest BCUT2D eigenvalue weighted by molar-refractivity contribution is 0.558. The molecule has 0 radical (unpaired) electrons. The number of fused-ring (bicyclic) bond motifs is 2. The standard InChI is InChI=1S/C25H26N2S/c1-2-26-25(27-17-21-13-7-11-19-9-3-5-15-23(19)21)28-18-22-14-8-12-20-10-4-6-16-24(20)22/h3-16,25-27H,2,17-18H2,1H3. The minimum atomic E-state index is 0.211. The SMILES string of the molecule is CCNC(NCc1cccc2ccccc12)SCc1cccc2ccccc12. The minimum Gasteiger partial charge on any atom is -0.294 e. The van der Waals surface area contributed by atoms with E-state index in [9.17, 15) is 0 Å². The molecule has 0 fully saturated rings. The third-order valence-corrected chi connectivity index (χ3v) is 6.18. The van der Waals surface area contributed by atoms with Gasteiger partial charge < -0.3 is 0 Å². The number of benzene rings is 4. The summed E-state index contributed by atoms with van der Waals surface area (Å²) in [5.41, 5.74) is 2.94. The molecule has 0 spiro atoms. The molecule has 142 valence electrons. The molecule has 2 nitrogen and oxygen atoms in total. The second kappa shape index (κ2) is 9.24. The van der Waals surface area contributed by atoms with Crippen LogP contribution >= 0.6 is 11.8 Å². The lowest BCUT2D eigenvalue weighted by Gasteiger charge is -2.20. The maximum Gasteiger partial charge on any atom is 0.106 e. The fourth-order valence-corrected chi connectivity index (χ4v) is 4.70. The first-order valence-electron chi connectivity index (χ1n) is 9.87. The number of rotatable bonds is 8. The maximum atomic E-state index is 3.70. The molecular weight excluding hydrogens is 360 g/mol. The molecule has 4 aromatic rings. The summed E-state index contributed by atoms with van der Waals surface area (Å²) in [6.07, 6.45) is 0. The molecule has 4 aromatic carbocycles. The van der Waals surface area contributed by atoms with Crippen LogP contribution < -0.4 is 10.6 Å². The van der Waals surface area contributed by atoms with Crippen LogP contribution in [0.3, 0.4) is 0 Å². The zero-order chi connectivity index (χ0) is 19.2. The maximum absolute atomic E-state index is 3.70. The summed E-state index contributed by atoms with van der Waals surface area (Å²) in [5, 5.41) is 12.6. The molecule has 0 aliphatic carbocycles. The van der Waals surface area contributed by atoms with Gasteiger partial charge in [-0.05, 0) is 39.2 Å². The van der Waals surface area contributed by atoms with Gasteiger partial charge in [-0.2, -0.15) is 0 Å². The van der Waals surface area contributed by atoms with Crippen molar-refractivity contribution in [2.45, 2.75) is 24.7 Å². The average molecular weight is 387 g/mol. The fraction of sp³-hybridized carbons (Fsp3) is 0.200. The van der Waals surface area contributed by atoms with Crippen molar-refractivity contribution in [2.75, 3.05) is 6.54 Å². The van der Waals surface area contributed by atoms with Crippen LogP contribution in [0.4, 0.5) is 0 Å². The zero-order valence-electron chi connectivity index (χ0n) is 16.2. The molecule has 3 heteroatoms. The van der Waals surface area contributed by atoms with Gasteiger partial charge in [-0.25, -0.2) is 0 Å². The third-order valence-electron chi connectivity index (χ3n) is 5.03. The molecule has 0 amide bonds. The Bertz CT molecular complexity index is 966. The van der Waals surface area contributed by atoms with Crippen molar-refractivity contribution in [3.8, 4) is 0 Å². The van der Waals surface area contributed by atoms with Gasteiger partial charge in [0.05, 0.1) is 0 Å². The van der Waals surface area contributed by atoms with E-state index in [2.05, 4.69) is 102 Å². The van der Waals surface area contributed by atoms with Crippen LogP contribution in [-0.4, -0.2) is 12.0 Å². The van der Waals surface area contributed by atoms with Gasteiger partial charge in [0.2, 0.25) is 0 Å². The van der Waals surface area contributed by atoms with E-state index in [0.29, 0.717) is 0 Å². The number of hydrogen-bond acceptors (Lipinski definition) is 3. The highest BCUT2D eigenvalue weighted by Crippen LogP contribution is 2.24. The molecule has 1 unspecified atom stereocenters. The average Bonchev–Trinajstić information content (AvgIpc) is 2.75. The van der Waals surface area contributed by atoms with E-state index in [4.69, 9.17) is 0 Å². The Kier molecular flexibility index (Phi) is 6.27. The minimum absolute atomic E-state index is 0.211.